The molecule has 0 N–H and O–H groups in total. The second kappa shape index (κ2) is 6.76. The van der Waals surface area contributed by atoms with Crippen molar-refractivity contribution in [2.45, 2.75) is 45.4 Å². The third kappa shape index (κ3) is 2.84. The maximum atomic E-state index is 13.4. The quantitative estimate of drug-likeness (QED) is 0.756. The van der Waals surface area contributed by atoms with Crippen molar-refractivity contribution in [2.75, 3.05) is 11.7 Å². The van der Waals surface area contributed by atoms with E-state index in [9.17, 15) is 9.59 Å². The van der Waals surface area contributed by atoms with Crippen molar-refractivity contribution in [1.29, 1.82) is 0 Å². The molecule has 5 heteroatoms. The third-order valence-corrected chi connectivity index (χ3v) is 6.29. The average Bonchev–Trinajstić information content (AvgIpc) is 3.18. The van der Waals surface area contributed by atoms with Crippen LogP contribution in [0.25, 0.3) is 0 Å². The number of aryl methyl sites for hydroxylation is 1. The summed E-state index contributed by atoms with van der Waals surface area (Å²) in [5, 5.41) is 0. The average molecular weight is 389 g/mol. The number of ketones is 1. The van der Waals surface area contributed by atoms with E-state index in [0.29, 0.717) is 17.9 Å². The maximum Gasteiger partial charge on any atom is 0.232 e. The van der Waals surface area contributed by atoms with Gasteiger partial charge >= 0.3 is 0 Å². The molecule has 0 spiro atoms. The highest BCUT2D eigenvalue weighted by Gasteiger charge is 2.40. The SMILES string of the molecule is Cc1cccc(N2C(=O)CC(c3ccc4c(c3)OCO4)C3=C2CCCC3=O)c1C. The van der Waals surface area contributed by atoms with Crippen molar-refractivity contribution < 1.29 is 19.1 Å². The Labute approximate surface area is 169 Å². The molecule has 5 nitrogen and oxygen atoms in total. The standard InChI is InChI=1S/C24H23NO4/c1-14-5-3-6-18(15(14)2)25-19-7-4-8-20(26)24(19)17(12-23(25)27)16-9-10-21-22(11-16)29-13-28-21/h3,5-6,9-11,17H,4,7-8,12-13H2,1-2H3. The summed E-state index contributed by atoms with van der Waals surface area (Å²) < 4.78 is 10.9. The van der Waals surface area contributed by atoms with Crippen molar-refractivity contribution in [3.63, 3.8) is 0 Å². The van der Waals surface area contributed by atoms with E-state index in [1.807, 2.05) is 50.2 Å². The van der Waals surface area contributed by atoms with E-state index in [1.54, 1.807) is 4.90 Å². The molecule has 0 bridgehead atoms. The molecule has 2 heterocycles. The minimum atomic E-state index is -0.235. The van der Waals surface area contributed by atoms with Gasteiger partial charge in [0.1, 0.15) is 0 Å². The monoisotopic (exact) mass is 389 g/mol. The summed E-state index contributed by atoms with van der Waals surface area (Å²) in [4.78, 5) is 28.2. The van der Waals surface area contributed by atoms with Gasteiger partial charge in [0.15, 0.2) is 17.3 Å². The number of rotatable bonds is 2. The van der Waals surface area contributed by atoms with E-state index in [1.165, 1.54) is 0 Å². The van der Waals surface area contributed by atoms with Gasteiger partial charge in [-0.2, -0.15) is 0 Å². The van der Waals surface area contributed by atoms with Gasteiger partial charge in [0.25, 0.3) is 0 Å². The van der Waals surface area contributed by atoms with Crippen molar-refractivity contribution in [3.8, 4) is 11.5 Å². The number of ether oxygens (including phenoxy) is 2. The zero-order valence-electron chi connectivity index (χ0n) is 16.7. The smallest absolute Gasteiger partial charge is 0.232 e. The molecule has 0 radical (unpaired) electrons. The molecule has 29 heavy (non-hydrogen) atoms. The number of benzene rings is 2. The number of nitrogens with zero attached hydrogens (tertiary/aromatic N) is 1. The predicted molar refractivity (Wildman–Crippen MR) is 109 cm³/mol. The van der Waals surface area contributed by atoms with Gasteiger partial charge in [-0.15, -0.1) is 0 Å². The van der Waals surface area contributed by atoms with Crippen LogP contribution in [0.5, 0.6) is 11.5 Å². The van der Waals surface area contributed by atoms with Gasteiger partial charge in [-0.3, -0.25) is 14.5 Å². The lowest BCUT2D eigenvalue weighted by atomic mass is 9.77. The molecular weight excluding hydrogens is 366 g/mol. The molecule has 2 aliphatic heterocycles. The summed E-state index contributed by atoms with van der Waals surface area (Å²) in [6, 6.07) is 11.7. The molecule has 0 saturated heterocycles. The number of amides is 1. The number of carbonyl (C=O) groups is 2. The highest BCUT2D eigenvalue weighted by Crippen LogP contribution is 2.46. The molecule has 0 saturated carbocycles. The fourth-order valence-electron chi connectivity index (χ4n) is 4.66. The van der Waals surface area contributed by atoms with E-state index in [2.05, 4.69) is 0 Å². The van der Waals surface area contributed by atoms with Crippen molar-refractivity contribution in [3.05, 3.63) is 64.4 Å². The van der Waals surface area contributed by atoms with Gasteiger partial charge in [-0.25, -0.2) is 0 Å². The highest BCUT2D eigenvalue weighted by molar-refractivity contribution is 6.07. The van der Waals surface area contributed by atoms with Crippen LogP contribution in [-0.2, 0) is 9.59 Å². The predicted octanol–water partition coefficient (Wildman–Crippen LogP) is 4.56. The van der Waals surface area contributed by atoms with E-state index >= 15 is 0 Å². The molecule has 3 aliphatic rings. The number of hydrogen-bond acceptors (Lipinski definition) is 4. The van der Waals surface area contributed by atoms with Crippen molar-refractivity contribution >= 4 is 17.4 Å². The Bertz CT molecular complexity index is 1070. The molecule has 0 fully saturated rings. The van der Waals surface area contributed by atoms with Gasteiger partial charge in [0, 0.05) is 30.0 Å². The van der Waals surface area contributed by atoms with Crippen LogP contribution in [-0.4, -0.2) is 18.5 Å². The molecule has 1 atom stereocenters. The molecule has 2 aromatic carbocycles. The van der Waals surface area contributed by atoms with Gasteiger partial charge < -0.3 is 9.47 Å². The first-order valence-electron chi connectivity index (χ1n) is 10.1. The summed E-state index contributed by atoms with van der Waals surface area (Å²) in [6.07, 6.45) is 2.33. The lowest BCUT2D eigenvalue weighted by Crippen LogP contribution is -2.41. The van der Waals surface area contributed by atoms with Crippen molar-refractivity contribution in [2.24, 2.45) is 0 Å². The minimum Gasteiger partial charge on any atom is -0.454 e. The number of Topliss-reactive ketones (excluding diaryl/α,β-unsaturated/α-hetero) is 1. The first kappa shape index (κ1) is 18.0. The lowest BCUT2D eigenvalue weighted by Gasteiger charge is -2.39. The van der Waals surface area contributed by atoms with Crippen LogP contribution in [0.3, 0.4) is 0 Å². The number of anilines is 1. The zero-order chi connectivity index (χ0) is 20.1. The van der Waals surface area contributed by atoms with Crippen LogP contribution >= 0.6 is 0 Å². The molecule has 148 valence electrons. The Hall–Kier alpha value is -3.08. The van der Waals surface area contributed by atoms with E-state index in [-0.39, 0.29) is 30.8 Å². The summed E-state index contributed by atoms with van der Waals surface area (Å²) in [7, 11) is 0. The Kier molecular flexibility index (Phi) is 4.19. The topological polar surface area (TPSA) is 55.8 Å². The summed E-state index contributed by atoms with van der Waals surface area (Å²) in [5.74, 6) is 1.34. The first-order chi connectivity index (χ1) is 14.0. The van der Waals surface area contributed by atoms with Crippen LogP contribution in [0.4, 0.5) is 5.69 Å². The maximum absolute atomic E-state index is 13.4. The van der Waals surface area contributed by atoms with Gasteiger partial charge in [0.05, 0.1) is 5.69 Å². The molecule has 5 rings (SSSR count). The van der Waals surface area contributed by atoms with Gasteiger partial charge in [0.2, 0.25) is 12.7 Å². The molecule has 0 aromatic heterocycles. The fourth-order valence-corrected chi connectivity index (χ4v) is 4.66. The molecular formula is C24H23NO4. The van der Waals surface area contributed by atoms with Crippen LogP contribution in [0.1, 0.15) is 48.3 Å². The van der Waals surface area contributed by atoms with Gasteiger partial charge in [-0.05, 0) is 61.6 Å². The van der Waals surface area contributed by atoms with Crippen LogP contribution in [0.2, 0.25) is 0 Å². The second-order valence-corrected chi connectivity index (χ2v) is 7.95. The summed E-state index contributed by atoms with van der Waals surface area (Å²) in [5.41, 5.74) is 5.70. The van der Waals surface area contributed by atoms with Crippen LogP contribution < -0.4 is 14.4 Å². The Morgan fingerprint density at radius 1 is 1.00 bits per heavy atom. The summed E-state index contributed by atoms with van der Waals surface area (Å²) in [6.45, 7) is 4.28. The Morgan fingerprint density at radius 2 is 1.83 bits per heavy atom. The number of hydrogen-bond donors (Lipinski definition) is 0. The normalized spacial score (nSPS) is 20.9. The molecule has 1 aliphatic carbocycles. The van der Waals surface area contributed by atoms with Crippen LogP contribution in [0.15, 0.2) is 47.7 Å². The molecule has 2 aromatic rings. The molecule has 1 amide bonds. The van der Waals surface area contributed by atoms with E-state index < -0.39 is 0 Å². The van der Waals surface area contributed by atoms with Gasteiger partial charge in [-0.1, -0.05) is 18.2 Å². The van der Waals surface area contributed by atoms with Crippen molar-refractivity contribution in [1.82, 2.24) is 0 Å². The first-order valence-corrected chi connectivity index (χ1v) is 10.1. The second-order valence-electron chi connectivity index (χ2n) is 7.95. The highest BCUT2D eigenvalue weighted by atomic mass is 16.7. The number of fused-ring (bicyclic) bond motifs is 1. The van der Waals surface area contributed by atoms with E-state index in [0.717, 1.165) is 46.5 Å². The largest absolute Gasteiger partial charge is 0.454 e. The Morgan fingerprint density at radius 3 is 2.69 bits per heavy atom. The fraction of sp³-hybridized carbons (Fsp3) is 0.333. The van der Waals surface area contributed by atoms with E-state index in [4.69, 9.17) is 9.47 Å². The number of allylic oxidation sites excluding steroid dienone is 2. The minimum absolute atomic E-state index is 0.0369. The lowest BCUT2D eigenvalue weighted by molar-refractivity contribution is -0.119. The third-order valence-electron chi connectivity index (χ3n) is 6.29. The summed E-state index contributed by atoms with van der Waals surface area (Å²) >= 11 is 0. The Balaban J connectivity index is 1.65. The molecule has 1 unspecified atom stereocenters. The zero-order valence-corrected chi connectivity index (χ0v) is 16.7. The van der Waals surface area contributed by atoms with Crippen LogP contribution in [0, 0.1) is 13.8 Å². The number of carbonyl (C=O) groups excluding carboxylic acids is 2.